The minimum atomic E-state index is -0.0782. The zero-order chi connectivity index (χ0) is 8.10. The second kappa shape index (κ2) is 4.66. The van der Waals surface area contributed by atoms with Crippen molar-refractivity contribution in [2.75, 3.05) is 39.4 Å². The summed E-state index contributed by atoms with van der Waals surface area (Å²) in [6, 6.07) is -0.0782. The Morgan fingerprint density at radius 1 is 1.18 bits per heavy atom. The van der Waals surface area contributed by atoms with Crippen LogP contribution in [-0.2, 0) is 0 Å². The molecule has 4 nitrogen and oxygen atoms in total. The Bertz CT molecular complexity index is 101. The van der Waals surface area contributed by atoms with Crippen LogP contribution in [0.4, 0.5) is 0 Å². The smallest absolute Gasteiger partial charge is 0.0609 e. The highest BCUT2D eigenvalue weighted by molar-refractivity contribution is 4.74. The zero-order valence-electron chi connectivity index (χ0n) is 6.61. The van der Waals surface area contributed by atoms with E-state index in [4.69, 9.17) is 10.2 Å². The molecule has 0 spiro atoms. The van der Waals surface area contributed by atoms with Crippen LogP contribution in [0.5, 0.6) is 0 Å². The van der Waals surface area contributed by atoms with E-state index < -0.39 is 0 Å². The molecule has 1 heterocycles. The van der Waals surface area contributed by atoms with Gasteiger partial charge in [0, 0.05) is 26.2 Å². The SMILES string of the molecule is OCC(CO)N1CC[N]CC1. The van der Waals surface area contributed by atoms with Crippen LogP contribution in [0.3, 0.4) is 0 Å². The van der Waals surface area contributed by atoms with E-state index in [1.54, 1.807) is 0 Å². The van der Waals surface area contributed by atoms with Crippen molar-refractivity contribution < 1.29 is 10.2 Å². The summed E-state index contributed by atoms with van der Waals surface area (Å²) >= 11 is 0. The third-order valence-corrected chi connectivity index (χ3v) is 2.03. The van der Waals surface area contributed by atoms with Crippen molar-refractivity contribution in [2.45, 2.75) is 6.04 Å². The number of aliphatic hydroxyl groups excluding tert-OH is 2. The van der Waals surface area contributed by atoms with Gasteiger partial charge in [0.1, 0.15) is 0 Å². The fourth-order valence-corrected chi connectivity index (χ4v) is 1.28. The van der Waals surface area contributed by atoms with Gasteiger partial charge in [-0.2, -0.15) is 0 Å². The maximum Gasteiger partial charge on any atom is 0.0609 e. The first-order valence-corrected chi connectivity index (χ1v) is 3.97. The highest BCUT2D eigenvalue weighted by Crippen LogP contribution is 2.00. The number of hydrogen-bond donors (Lipinski definition) is 2. The Morgan fingerprint density at radius 3 is 2.18 bits per heavy atom. The Balaban J connectivity index is 2.30. The summed E-state index contributed by atoms with van der Waals surface area (Å²) in [7, 11) is 0. The van der Waals surface area contributed by atoms with Gasteiger partial charge in [-0.05, 0) is 0 Å². The molecule has 4 heteroatoms. The Kier molecular flexibility index (Phi) is 3.79. The summed E-state index contributed by atoms with van der Waals surface area (Å²) in [5.74, 6) is 0. The molecule has 0 aliphatic carbocycles. The molecule has 11 heavy (non-hydrogen) atoms. The van der Waals surface area contributed by atoms with Gasteiger partial charge in [0.2, 0.25) is 0 Å². The second-order valence-corrected chi connectivity index (χ2v) is 2.73. The number of aliphatic hydroxyl groups is 2. The van der Waals surface area contributed by atoms with Gasteiger partial charge in [-0.25, -0.2) is 5.32 Å². The van der Waals surface area contributed by atoms with Crippen LogP contribution in [0.25, 0.3) is 0 Å². The molecular formula is C7H15N2O2. The van der Waals surface area contributed by atoms with Crippen LogP contribution in [-0.4, -0.2) is 60.5 Å². The second-order valence-electron chi connectivity index (χ2n) is 2.73. The molecule has 0 amide bonds. The number of piperazine rings is 1. The van der Waals surface area contributed by atoms with Crippen LogP contribution < -0.4 is 5.32 Å². The van der Waals surface area contributed by atoms with Crippen molar-refractivity contribution in [3.8, 4) is 0 Å². The average Bonchev–Trinajstić information content (AvgIpc) is 2.09. The predicted octanol–water partition coefficient (Wildman–Crippen LogP) is -1.74. The van der Waals surface area contributed by atoms with E-state index in [2.05, 4.69) is 10.2 Å². The molecule has 0 aromatic carbocycles. The first-order valence-electron chi connectivity index (χ1n) is 3.97. The third kappa shape index (κ3) is 2.41. The minimum absolute atomic E-state index is 0.0382. The van der Waals surface area contributed by atoms with E-state index in [0.29, 0.717) is 0 Å². The van der Waals surface area contributed by atoms with E-state index in [1.165, 1.54) is 0 Å². The molecule has 1 aliphatic heterocycles. The lowest BCUT2D eigenvalue weighted by Gasteiger charge is -2.31. The summed E-state index contributed by atoms with van der Waals surface area (Å²) in [6.07, 6.45) is 0. The fourth-order valence-electron chi connectivity index (χ4n) is 1.28. The lowest BCUT2D eigenvalue weighted by atomic mass is 10.2. The summed E-state index contributed by atoms with van der Waals surface area (Å²) in [5.41, 5.74) is 0. The normalized spacial score (nSPS) is 21.0. The molecule has 1 fully saturated rings. The largest absolute Gasteiger partial charge is 0.395 e. The topological polar surface area (TPSA) is 57.8 Å². The third-order valence-electron chi connectivity index (χ3n) is 2.03. The summed E-state index contributed by atoms with van der Waals surface area (Å²) in [4.78, 5) is 2.08. The average molecular weight is 159 g/mol. The number of nitrogens with zero attached hydrogens (tertiary/aromatic N) is 2. The van der Waals surface area contributed by atoms with E-state index >= 15 is 0 Å². The summed E-state index contributed by atoms with van der Waals surface area (Å²) in [6.45, 7) is 3.47. The van der Waals surface area contributed by atoms with Gasteiger partial charge in [0.05, 0.1) is 19.3 Å². The maximum atomic E-state index is 8.85. The standard InChI is InChI=1S/C7H15N2O2/c10-5-7(6-11)9-3-1-8-2-4-9/h7,10-11H,1-6H2. The molecule has 1 aliphatic rings. The Hall–Kier alpha value is -0.160. The van der Waals surface area contributed by atoms with Crippen LogP contribution in [0.15, 0.2) is 0 Å². The van der Waals surface area contributed by atoms with E-state index in [-0.39, 0.29) is 19.3 Å². The molecule has 1 rings (SSSR count). The van der Waals surface area contributed by atoms with Crippen molar-refractivity contribution in [3.05, 3.63) is 0 Å². The predicted molar refractivity (Wildman–Crippen MR) is 41.4 cm³/mol. The van der Waals surface area contributed by atoms with Gasteiger partial charge in [-0.15, -0.1) is 0 Å². The molecule has 1 radical (unpaired) electrons. The van der Waals surface area contributed by atoms with Crippen LogP contribution >= 0.6 is 0 Å². The van der Waals surface area contributed by atoms with Crippen LogP contribution in [0.2, 0.25) is 0 Å². The van der Waals surface area contributed by atoms with Crippen LogP contribution in [0.1, 0.15) is 0 Å². The molecule has 2 N–H and O–H groups in total. The molecule has 0 aromatic rings. The van der Waals surface area contributed by atoms with Gasteiger partial charge in [-0.3, -0.25) is 4.90 Å². The molecule has 1 saturated heterocycles. The lowest BCUT2D eigenvalue weighted by molar-refractivity contribution is 0.0651. The molecule has 0 aromatic heterocycles. The fraction of sp³-hybridized carbons (Fsp3) is 1.00. The maximum absolute atomic E-state index is 8.85. The van der Waals surface area contributed by atoms with Gasteiger partial charge in [0.25, 0.3) is 0 Å². The van der Waals surface area contributed by atoms with E-state index in [9.17, 15) is 0 Å². The molecule has 0 bridgehead atoms. The number of rotatable bonds is 3. The van der Waals surface area contributed by atoms with Crippen LogP contribution in [0, 0.1) is 0 Å². The Morgan fingerprint density at radius 2 is 1.73 bits per heavy atom. The highest BCUT2D eigenvalue weighted by atomic mass is 16.3. The zero-order valence-corrected chi connectivity index (χ0v) is 6.61. The summed E-state index contributed by atoms with van der Waals surface area (Å²) < 4.78 is 0. The highest BCUT2D eigenvalue weighted by Gasteiger charge is 2.18. The first kappa shape index (κ1) is 8.93. The van der Waals surface area contributed by atoms with Gasteiger partial charge >= 0.3 is 0 Å². The van der Waals surface area contributed by atoms with Gasteiger partial charge in [-0.1, -0.05) is 0 Å². The molecular weight excluding hydrogens is 144 g/mol. The molecule has 65 valence electrons. The van der Waals surface area contributed by atoms with Gasteiger partial charge in [0.15, 0.2) is 0 Å². The lowest BCUT2D eigenvalue weighted by Crippen LogP contribution is -2.49. The minimum Gasteiger partial charge on any atom is -0.395 e. The Labute approximate surface area is 66.8 Å². The molecule has 0 unspecified atom stereocenters. The monoisotopic (exact) mass is 159 g/mol. The first-order chi connectivity index (χ1) is 5.38. The quantitative estimate of drug-likeness (QED) is 0.514. The van der Waals surface area contributed by atoms with Crippen molar-refractivity contribution >= 4 is 0 Å². The molecule has 0 saturated carbocycles. The van der Waals surface area contributed by atoms with Gasteiger partial charge < -0.3 is 10.2 Å². The van der Waals surface area contributed by atoms with Crippen molar-refractivity contribution in [2.24, 2.45) is 0 Å². The van der Waals surface area contributed by atoms with Crippen molar-refractivity contribution in [1.29, 1.82) is 0 Å². The summed E-state index contributed by atoms with van der Waals surface area (Å²) in [5, 5.41) is 21.9. The van der Waals surface area contributed by atoms with E-state index in [0.717, 1.165) is 26.2 Å². The van der Waals surface area contributed by atoms with Crippen molar-refractivity contribution in [3.63, 3.8) is 0 Å². The molecule has 0 atom stereocenters. The van der Waals surface area contributed by atoms with E-state index in [1.807, 2.05) is 0 Å². The number of hydrogen-bond acceptors (Lipinski definition) is 3. The van der Waals surface area contributed by atoms with Crippen molar-refractivity contribution in [1.82, 2.24) is 10.2 Å².